The van der Waals surface area contributed by atoms with E-state index >= 15 is 0 Å². The molecule has 0 aliphatic carbocycles. The topological polar surface area (TPSA) is 61.0 Å². The van der Waals surface area contributed by atoms with E-state index in [0.29, 0.717) is 11.3 Å². The fourth-order valence-corrected chi connectivity index (χ4v) is 2.58. The molecule has 1 aliphatic rings. The van der Waals surface area contributed by atoms with Crippen molar-refractivity contribution in [3.8, 4) is 0 Å². The number of aromatic amines is 1. The van der Waals surface area contributed by atoms with Gasteiger partial charge in [-0.1, -0.05) is 6.07 Å². The van der Waals surface area contributed by atoms with Crippen LogP contribution in [0.15, 0.2) is 18.2 Å². The van der Waals surface area contributed by atoms with E-state index in [-0.39, 0.29) is 30.8 Å². The minimum atomic E-state index is -4.58. The number of rotatable bonds is 1. The number of aryl methyl sites for hydroxylation is 1. The van der Waals surface area contributed by atoms with Crippen LogP contribution in [-0.2, 0) is 19.1 Å². The molecule has 9 heteroatoms. The van der Waals surface area contributed by atoms with Crippen molar-refractivity contribution in [1.29, 1.82) is 0 Å². The van der Waals surface area contributed by atoms with E-state index in [2.05, 4.69) is 15.5 Å². The number of halogens is 4. The first-order chi connectivity index (χ1) is 11.3. The zero-order valence-corrected chi connectivity index (χ0v) is 12.7. The number of urea groups is 1. The Balaban J connectivity index is 1.76. The molecule has 0 spiro atoms. The quantitative estimate of drug-likeness (QED) is 0.780. The van der Waals surface area contributed by atoms with Gasteiger partial charge in [0.1, 0.15) is 5.82 Å². The molecule has 0 fully saturated rings. The SMILES string of the molecule is Cc1ccc(NC(=O)N2CCc3[nH]nc(C(F)(F)F)c3C2)cc1F. The van der Waals surface area contributed by atoms with Crippen LogP contribution >= 0.6 is 0 Å². The average molecular weight is 342 g/mol. The molecule has 1 aromatic carbocycles. The maximum Gasteiger partial charge on any atom is 0.435 e. The molecule has 0 unspecified atom stereocenters. The van der Waals surface area contributed by atoms with Crippen molar-refractivity contribution in [2.45, 2.75) is 26.1 Å². The summed E-state index contributed by atoms with van der Waals surface area (Å²) < 4.78 is 52.3. The molecule has 0 atom stereocenters. The maximum absolute atomic E-state index is 13.5. The van der Waals surface area contributed by atoms with Gasteiger partial charge in [-0.25, -0.2) is 9.18 Å². The number of hydrogen-bond donors (Lipinski definition) is 2. The highest BCUT2D eigenvalue weighted by molar-refractivity contribution is 5.89. The Morgan fingerprint density at radius 1 is 1.38 bits per heavy atom. The van der Waals surface area contributed by atoms with Gasteiger partial charge in [0.2, 0.25) is 0 Å². The number of hydrogen-bond acceptors (Lipinski definition) is 2. The van der Waals surface area contributed by atoms with Gasteiger partial charge in [0.15, 0.2) is 5.69 Å². The number of nitrogens with one attached hydrogen (secondary N) is 2. The Morgan fingerprint density at radius 3 is 2.79 bits per heavy atom. The average Bonchev–Trinajstić information content (AvgIpc) is 2.94. The third-order valence-corrected chi connectivity index (χ3v) is 3.91. The summed E-state index contributed by atoms with van der Waals surface area (Å²) in [6.07, 6.45) is -4.34. The molecule has 5 nitrogen and oxygen atoms in total. The molecule has 128 valence electrons. The van der Waals surface area contributed by atoms with Crippen molar-refractivity contribution in [3.05, 3.63) is 46.5 Å². The van der Waals surface area contributed by atoms with Crippen LogP contribution in [0.3, 0.4) is 0 Å². The molecule has 0 bridgehead atoms. The van der Waals surface area contributed by atoms with Gasteiger partial charge >= 0.3 is 12.2 Å². The van der Waals surface area contributed by atoms with Crippen molar-refractivity contribution in [1.82, 2.24) is 15.1 Å². The Kier molecular flexibility index (Phi) is 3.94. The van der Waals surface area contributed by atoms with Gasteiger partial charge in [-0.2, -0.15) is 18.3 Å². The molecule has 1 aliphatic heterocycles. The number of alkyl halides is 3. The zero-order valence-electron chi connectivity index (χ0n) is 12.7. The van der Waals surface area contributed by atoms with Crippen molar-refractivity contribution >= 4 is 11.7 Å². The molecule has 2 amide bonds. The number of amides is 2. The molecule has 2 heterocycles. The van der Waals surface area contributed by atoms with Crippen LogP contribution in [-0.4, -0.2) is 27.7 Å². The van der Waals surface area contributed by atoms with Crippen molar-refractivity contribution in [3.63, 3.8) is 0 Å². The summed E-state index contributed by atoms with van der Waals surface area (Å²) in [5.74, 6) is -0.470. The minimum Gasteiger partial charge on any atom is -0.320 e. The number of carbonyl (C=O) groups is 1. The van der Waals surface area contributed by atoms with E-state index in [4.69, 9.17) is 0 Å². The minimum absolute atomic E-state index is 0.0287. The number of H-pyrrole nitrogens is 1. The zero-order chi connectivity index (χ0) is 17.5. The van der Waals surface area contributed by atoms with E-state index in [9.17, 15) is 22.4 Å². The maximum atomic E-state index is 13.5. The summed E-state index contributed by atoms with van der Waals surface area (Å²) in [6.45, 7) is 1.62. The standard InChI is InChI=1S/C15H14F4N4O/c1-8-2-3-9(6-11(8)16)20-14(24)23-5-4-12-10(7-23)13(22-21-12)15(17,18)19/h2-3,6H,4-5,7H2,1H3,(H,20,24)(H,21,22). The second-order valence-corrected chi connectivity index (χ2v) is 5.59. The summed E-state index contributed by atoms with van der Waals surface area (Å²) >= 11 is 0. The highest BCUT2D eigenvalue weighted by Gasteiger charge is 2.39. The van der Waals surface area contributed by atoms with Crippen LogP contribution in [0, 0.1) is 12.7 Å². The number of fused-ring (bicyclic) bond motifs is 1. The lowest BCUT2D eigenvalue weighted by molar-refractivity contribution is -0.142. The number of nitrogens with zero attached hydrogens (tertiary/aromatic N) is 2. The summed E-state index contributed by atoms with van der Waals surface area (Å²) in [4.78, 5) is 13.5. The van der Waals surface area contributed by atoms with Crippen molar-refractivity contribution in [2.75, 3.05) is 11.9 Å². The summed E-state index contributed by atoms with van der Waals surface area (Å²) in [6, 6.07) is 3.63. The van der Waals surface area contributed by atoms with Gasteiger partial charge in [0.25, 0.3) is 0 Å². The summed E-state index contributed by atoms with van der Waals surface area (Å²) in [5, 5.41) is 8.18. The normalized spacial score (nSPS) is 14.5. The van der Waals surface area contributed by atoms with Gasteiger partial charge in [-0.05, 0) is 24.6 Å². The molecular weight excluding hydrogens is 328 g/mol. The highest BCUT2D eigenvalue weighted by atomic mass is 19.4. The monoisotopic (exact) mass is 342 g/mol. The molecule has 2 aromatic rings. The number of benzene rings is 1. The van der Waals surface area contributed by atoms with Gasteiger partial charge in [-0.3, -0.25) is 5.10 Å². The van der Waals surface area contributed by atoms with E-state index < -0.39 is 23.7 Å². The van der Waals surface area contributed by atoms with Crippen LogP contribution in [0.5, 0.6) is 0 Å². The Labute approximate surface area is 134 Å². The predicted molar refractivity (Wildman–Crippen MR) is 77.9 cm³/mol. The van der Waals surface area contributed by atoms with Crippen molar-refractivity contribution in [2.24, 2.45) is 0 Å². The number of carbonyl (C=O) groups excluding carboxylic acids is 1. The number of aromatic nitrogens is 2. The Hall–Kier alpha value is -2.58. The highest BCUT2D eigenvalue weighted by Crippen LogP contribution is 2.34. The first kappa shape index (κ1) is 16.3. The lowest BCUT2D eigenvalue weighted by Gasteiger charge is -2.27. The lowest BCUT2D eigenvalue weighted by atomic mass is 10.1. The second-order valence-electron chi connectivity index (χ2n) is 5.59. The molecule has 0 saturated carbocycles. The van der Waals surface area contributed by atoms with Crippen LogP contribution in [0.4, 0.5) is 28.0 Å². The van der Waals surface area contributed by atoms with Gasteiger partial charge in [0.05, 0.1) is 6.54 Å². The van der Waals surface area contributed by atoms with Crippen LogP contribution in [0.25, 0.3) is 0 Å². The third kappa shape index (κ3) is 3.06. The molecular formula is C15H14F4N4O. The molecule has 0 saturated heterocycles. The van der Waals surface area contributed by atoms with Gasteiger partial charge < -0.3 is 10.2 Å². The Bertz CT molecular complexity index is 784. The summed E-state index contributed by atoms with van der Waals surface area (Å²) in [7, 11) is 0. The second kappa shape index (κ2) is 5.81. The van der Waals surface area contributed by atoms with E-state index in [1.807, 2.05) is 0 Å². The van der Waals surface area contributed by atoms with Crippen LogP contribution < -0.4 is 5.32 Å². The number of anilines is 1. The third-order valence-electron chi connectivity index (χ3n) is 3.91. The largest absolute Gasteiger partial charge is 0.435 e. The molecule has 3 rings (SSSR count). The van der Waals surface area contributed by atoms with Gasteiger partial charge in [0, 0.05) is 29.9 Å². The summed E-state index contributed by atoms with van der Waals surface area (Å²) in [5.41, 5.74) is 0.0316. The first-order valence-electron chi connectivity index (χ1n) is 7.21. The predicted octanol–water partition coefficient (Wildman–Crippen LogP) is 3.47. The van der Waals surface area contributed by atoms with Crippen LogP contribution in [0.1, 0.15) is 22.5 Å². The first-order valence-corrected chi connectivity index (χ1v) is 7.21. The smallest absolute Gasteiger partial charge is 0.320 e. The van der Waals surface area contributed by atoms with Crippen LogP contribution in [0.2, 0.25) is 0 Å². The molecule has 1 aromatic heterocycles. The molecule has 24 heavy (non-hydrogen) atoms. The Morgan fingerprint density at radius 2 is 2.12 bits per heavy atom. The molecule has 0 radical (unpaired) electrons. The molecule has 2 N–H and O–H groups in total. The van der Waals surface area contributed by atoms with E-state index in [0.717, 1.165) is 0 Å². The fourth-order valence-electron chi connectivity index (χ4n) is 2.58. The fraction of sp³-hybridized carbons (Fsp3) is 0.333. The van der Waals surface area contributed by atoms with E-state index in [1.54, 1.807) is 6.92 Å². The van der Waals surface area contributed by atoms with E-state index in [1.165, 1.54) is 23.1 Å². The lowest BCUT2D eigenvalue weighted by Crippen LogP contribution is -2.39. The van der Waals surface area contributed by atoms with Crippen molar-refractivity contribution < 1.29 is 22.4 Å². The van der Waals surface area contributed by atoms with Gasteiger partial charge in [-0.15, -0.1) is 0 Å².